The van der Waals surface area contributed by atoms with Crippen LogP contribution in [0.2, 0.25) is 0 Å². The zero-order valence-corrected chi connectivity index (χ0v) is 57.2. The van der Waals surface area contributed by atoms with Crippen molar-refractivity contribution >= 4 is 19.8 Å². The predicted octanol–water partition coefficient (Wildman–Crippen LogP) is 23.3. The molecule has 494 valence electrons. The molecule has 0 rings (SSSR count). The average molecular weight is 1210 g/mol. The highest BCUT2D eigenvalue weighted by Gasteiger charge is 2.27. The SMILES string of the molecule is CC/C=C\C/C=C\C/C=C\C/C=C\C/C=C\C/C=C\C/C=C\CCCCCCCCCCCC(=O)OC(COC(=O)CCCCCCCCCCCCCCCCCCCCCCCCCCCCCCCC)COP(=O)(O)OCC[N+](C)(C)C. The molecule has 0 aromatic rings. The van der Waals surface area contributed by atoms with Gasteiger partial charge in [0.1, 0.15) is 19.8 Å². The Morgan fingerprint density at radius 2 is 0.671 bits per heavy atom. The van der Waals surface area contributed by atoms with Crippen molar-refractivity contribution in [3.63, 3.8) is 0 Å². The fourth-order valence-corrected chi connectivity index (χ4v) is 11.0. The molecule has 9 nitrogen and oxygen atoms in total. The van der Waals surface area contributed by atoms with E-state index >= 15 is 0 Å². The first-order chi connectivity index (χ1) is 41.5. The normalized spacial score (nSPS) is 13.6. The van der Waals surface area contributed by atoms with E-state index in [2.05, 4.69) is 98.9 Å². The van der Waals surface area contributed by atoms with Crippen LogP contribution in [0.5, 0.6) is 0 Å². The fraction of sp³-hybridized carbons (Fsp3) is 0.787. The highest BCUT2D eigenvalue weighted by Crippen LogP contribution is 2.43. The standard InChI is InChI=1S/C75H136NO8P/c1-6-8-10-12-14-16-18-20-22-24-26-28-30-32-34-36-38-40-42-44-46-48-50-52-54-56-58-60-62-64-66-68-75(78)84-73(72-83-85(79,80)82-70-69-76(3,4)5)71-81-74(77)67-65-63-61-59-57-55-53-51-49-47-45-43-41-39-37-35-33-31-29-27-25-23-21-19-17-15-13-11-9-7-2/h8,10,14,16,20,22,26,28,32,34,38,40,44,46,73H,6-7,9,11-13,15,17-19,21,23-25,27,29-31,33,35-37,39,41-43,45,47-72H2,1-5H3/p+1/b10-8-,16-14-,22-20-,28-26-,34-32-,40-38-,46-44-. The molecule has 0 aromatic heterocycles. The predicted molar refractivity (Wildman–Crippen MR) is 367 cm³/mol. The number of carbonyl (C=O) groups excluding carboxylic acids is 2. The summed E-state index contributed by atoms with van der Waals surface area (Å²) in [5, 5.41) is 0. The summed E-state index contributed by atoms with van der Waals surface area (Å²) in [7, 11) is 1.48. The van der Waals surface area contributed by atoms with E-state index in [0.717, 1.165) is 89.9 Å². The van der Waals surface area contributed by atoms with Crippen LogP contribution in [0.15, 0.2) is 85.1 Å². The Kier molecular flexibility index (Phi) is 63.5. The topological polar surface area (TPSA) is 108 Å². The number of allylic oxidation sites excluding steroid dienone is 14. The minimum Gasteiger partial charge on any atom is -0.462 e. The number of esters is 2. The molecule has 0 heterocycles. The number of nitrogens with zero attached hydrogens (tertiary/aromatic N) is 1. The molecular weight excluding hydrogens is 1070 g/mol. The first kappa shape index (κ1) is 82.2. The lowest BCUT2D eigenvalue weighted by atomic mass is 10.0. The Morgan fingerprint density at radius 1 is 0.376 bits per heavy atom. The van der Waals surface area contributed by atoms with Crippen LogP contribution in [0, 0.1) is 0 Å². The summed E-state index contributed by atoms with van der Waals surface area (Å²) in [6.45, 7) is 4.36. The third-order valence-corrected chi connectivity index (χ3v) is 16.7. The maximum atomic E-state index is 12.9. The lowest BCUT2D eigenvalue weighted by Gasteiger charge is -2.24. The van der Waals surface area contributed by atoms with Crippen molar-refractivity contribution in [1.82, 2.24) is 0 Å². The van der Waals surface area contributed by atoms with Gasteiger partial charge in [-0.05, 0) is 70.6 Å². The molecule has 1 N–H and O–H groups in total. The number of hydrogen-bond acceptors (Lipinski definition) is 7. The summed E-state index contributed by atoms with van der Waals surface area (Å²) in [6, 6.07) is 0. The van der Waals surface area contributed by atoms with Crippen LogP contribution in [0.25, 0.3) is 0 Å². The number of rotatable bonds is 66. The van der Waals surface area contributed by atoms with Crippen molar-refractivity contribution in [2.24, 2.45) is 0 Å². The first-order valence-corrected chi connectivity index (χ1v) is 37.3. The number of quaternary nitrogens is 1. The molecule has 0 radical (unpaired) electrons. The van der Waals surface area contributed by atoms with Gasteiger partial charge in [0.15, 0.2) is 6.10 Å². The molecule has 0 spiro atoms. The van der Waals surface area contributed by atoms with E-state index in [0.29, 0.717) is 17.4 Å². The smallest absolute Gasteiger partial charge is 0.462 e. The van der Waals surface area contributed by atoms with Crippen LogP contribution in [0.4, 0.5) is 0 Å². The molecule has 10 heteroatoms. The van der Waals surface area contributed by atoms with Crippen LogP contribution >= 0.6 is 7.82 Å². The third kappa shape index (κ3) is 70.2. The summed E-state index contributed by atoms with van der Waals surface area (Å²) in [5.74, 6) is -0.794. The monoisotopic (exact) mass is 1210 g/mol. The molecule has 0 aliphatic rings. The summed E-state index contributed by atoms with van der Waals surface area (Å²) < 4.78 is 34.7. The van der Waals surface area contributed by atoms with E-state index in [-0.39, 0.29) is 32.0 Å². The van der Waals surface area contributed by atoms with Crippen molar-refractivity contribution in [1.29, 1.82) is 0 Å². The second kappa shape index (κ2) is 65.6. The van der Waals surface area contributed by atoms with Crippen molar-refractivity contribution < 1.29 is 42.1 Å². The summed E-state index contributed by atoms with van der Waals surface area (Å²) in [4.78, 5) is 35.9. The minimum atomic E-state index is -4.40. The lowest BCUT2D eigenvalue weighted by molar-refractivity contribution is -0.870. The Labute approximate surface area is 526 Å². The maximum absolute atomic E-state index is 12.9. The third-order valence-electron chi connectivity index (χ3n) is 15.7. The molecule has 0 amide bonds. The summed E-state index contributed by atoms with van der Waals surface area (Å²) in [5.41, 5.74) is 0. The molecule has 85 heavy (non-hydrogen) atoms. The molecule has 2 atom stereocenters. The highest BCUT2D eigenvalue weighted by molar-refractivity contribution is 7.47. The van der Waals surface area contributed by atoms with E-state index < -0.39 is 26.5 Å². The molecule has 2 unspecified atom stereocenters. The number of phosphoric ester groups is 1. The van der Waals surface area contributed by atoms with E-state index in [1.54, 1.807) is 0 Å². The molecule has 0 aromatic carbocycles. The second-order valence-electron chi connectivity index (χ2n) is 25.3. The van der Waals surface area contributed by atoms with Crippen molar-refractivity contribution in [2.45, 2.75) is 335 Å². The zero-order chi connectivity index (χ0) is 61.9. The van der Waals surface area contributed by atoms with Gasteiger partial charge in [-0.2, -0.15) is 0 Å². The number of unbranched alkanes of at least 4 members (excludes halogenated alkanes) is 38. The van der Waals surface area contributed by atoms with Crippen LogP contribution in [0.1, 0.15) is 328 Å². The molecular formula is C75H137NO8P+. The van der Waals surface area contributed by atoms with Crippen LogP contribution in [-0.2, 0) is 32.7 Å². The van der Waals surface area contributed by atoms with Gasteiger partial charge in [0.05, 0.1) is 27.7 Å². The number of hydrogen-bond donors (Lipinski definition) is 1. The molecule has 0 saturated carbocycles. The number of ether oxygens (including phenoxy) is 2. The van der Waals surface area contributed by atoms with Gasteiger partial charge in [-0.1, -0.05) is 330 Å². The molecule has 0 aliphatic carbocycles. The van der Waals surface area contributed by atoms with Gasteiger partial charge in [0, 0.05) is 12.8 Å². The highest BCUT2D eigenvalue weighted by atomic mass is 31.2. The lowest BCUT2D eigenvalue weighted by Crippen LogP contribution is -2.37. The van der Waals surface area contributed by atoms with Crippen LogP contribution < -0.4 is 0 Å². The van der Waals surface area contributed by atoms with Crippen LogP contribution in [-0.4, -0.2) is 74.9 Å². The van der Waals surface area contributed by atoms with Crippen LogP contribution in [0.3, 0.4) is 0 Å². The Hall–Kier alpha value is -2.81. The minimum absolute atomic E-state index is 0.0286. The van der Waals surface area contributed by atoms with Crippen molar-refractivity contribution in [3.05, 3.63) is 85.1 Å². The van der Waals surface area contributed by atoms with E-state index in [9.17, 15) is 19.0 Å². The first-order valence-electron chi connectivity index (χ1n) is 35.8. The second-order valence-corrected chi connectivity index (χ2v) is 26.7. The van der Waals surface area contributed by atoms with Gasteiger partial charge in [0.25, 0.3) is 0 Å². The zero-order valence-electron chi connectivity index (χ0n) is 56.3. The number of carbonyl (C=O) groups is 2. The summed E-state index contributed by atoms with van der Waals surface area (Å²) >= 11 is 0. The Bertz CT molecular complexity index is 1710. The largest absolute Gasteiger partial charge is 0.472 e. The molecule has 0 aliphatic heterocycles. The van der Waals surface area contributed by atoms with Gasteiger partial charge in [-0.15, -0.1) is 0 Å². The van der Waals surface area contributed by atoms with E-state index in [4.69, 9.17) is 18.5 Å². The summed E-state index contributed by atoms with van der Waals surface area (Å²) in [6.07, 6.45) is 89.8. The number of likely N-dealkylation sites (N-methyl/N-ethyl adjacent to an activating group) is 1. The van der Waals surface area contributed by atoms with Crippen molar-refractivity contribution in [3.8, 4) is 0 Å². The van der Waals surface area contributed by atoms with Gasteiger partial charge >= 0.3 is 19.8 Å². The van der Waals surface area contributed by atoms with E-state index in [1.165, 1.54) is 205 Å². The Morgan fingerprint density at radius 3 is 1.00 bits per heavy atom. The molecule has 0 saturated heterocycles. The number of phosphoric acid groups is 1. The molecule has 0 fully saturated rings. The fourth-order valence-electron chi connectivity index (χ4n) is 10.2. The van der Waals surface area contributed by atoms with Gasteiger partial charge in [-0.25, -0.2) is 4.57 Å². The average Bonchev–Trinajstić information content (AvgIpc) is 3.50. The van der Waals surface area contributed by atoms with Crippen molar-refractivity contribution in [2.75, 3.05) is 47.5 Å². The molecule has 0 bridgehead atoms. The quantitative estimate of drug-likeness (QED) is 0.0211. The van der Waals surface area contributed by atoms with Gasteiger partial charge in [-0.3, -0.25) is 18.6 Å². The Balaban J connectivity index is 4.05. The van der Waals surface area contributed by atoms with Gasteiger partial charge < -0.3 is 18.9 Å². The maximum Gasteiger partial charge on any atom is 0.472 e. The van der Waals surface area contributed by atoms with Gasteiger partial charge in [0.2, 0.25) is 0 Å². The van der Waals surface area contributed by atoms with E-state index in [1.807, 2.05) is 21.1 Å².